The molecule has 0 aliphatic heterocycles. The van der Waals surface area contributed by atoms with Crippen LogP contribution in [0.25, 0.3) is 16.6 Å². The Morgan fingerprint density at radius 3 is 2.60 bits per heavy atom. The summed E-state index contributed by atoms with van der Waals surface area (Å²) in [4.78, 5) is 27.4. The molecule has 0 atom stereocenters. The fourth-order valence-electron chi connectivity index (χ4n) is 2.16. The van der Waals surface area contributed by atoms with Crippen molar-refractivity contribution in [2.45, 2.75) is 6.92 Å². The van der Waals surface area contributed by atoms with Gasteiger partial charge in [0.2, 0.25) is 0 Å². The molecule has 100 valence electrons. The van der Waals surface area contributed by atoms with Crippen LogP contribution in [0.5, 0.6) is 0 Å². The highest BCUT2D eigenvalue weighted by molar-refractivity contribution is 9.10. The van der Waals surface area contributed by atoms with Gasteiger partial charge in [-0.05, 0) is 42.8 Å². The minimum atomic E-state index is -0.435. The number of rotatable bonds is 1. The molecule has 5 heteroatoms. The number of aromatic amines is 1. The summed E-state index contributed by atoms with van der Waals surface area (Å²) in [6, 6.07) is 12.3. The van der Waals surface area contributed by atoms with E-state index in [1.54, 1.807) is 36.4 Å². The fraction of sp³-hybridized carbons (Fsp3) is 0.0667. The lowest BCUT2D eigenvalue weighted by atomic mass is 10.2. The Morgan fingerprint density at radius 1 is 1.10 bits per heavy atom. The molecule has 0 unspecified atom stereocenters. The second-order valence-electron chi connectivity index (χ2n) is 4.55. The molecular formula is C15H11BrN2O2. The second-order valence-corrected chi connectivity index (χ2v) is 5.40. The van der Waals surface area contributed by atoms with Crippen LogP contribution < -0.4 is 11.2 Å². The average Bonchev–Trinajstić information content (AvgIpc) is 2.43. The highest BCUT2D eigenvalue weighted by Crippen LogP contribution is 2.18. The molecule has 1 aromatic heterocycles. The molecule has 20 heavy (non-hydrogen) atoms. The van der Waals surface area contributed by atoms with Crippen LogP contribution in [0.4, 0.5) is 0 Å². The summed E-state index contributed by atoms with van der Waals surface area (Å²) in [6.45, 7) is 1.91. The molecule has 0 fully saturated rings. The Balaban J connectivity index is 2.39. The van der Waals surface area contributed by atoms with Crippen molar-refractivity contribution in [3.05, 3.63) is 73.3 Å². The van der Waals surface area contributed by atoms with Gasteiger partial charge in [0.1, 0.15) is 0 Å². The normalized spacial score (nSPS) is 10.9. The molecule has 3 rings (SSSR count). The van der Waals surface area contributed by atoms with E-state index in [4.69, 9.17) is 0 Å². The number of H-pyrrole nitrogens is 1. The first kappa shape index (κ1) is 12.9. The monoisotopic (exact) mass is 330 g/mol. The van der Waals surface area contributed by atoms with E-state index >= 15 is 0 Å². The first-order chi connectivity index (χ1) is 9.58. The third-order valence-electron chi connectivity index (χ3n) is 3.20. The van der Waals surface area contributed by atoms with Crippen molar-refractivity contribution in [1.82, 2.24) is 9.55 Å². The average molecular weight is 331 g/mol. The zero-order valence-electron chi connectivity index (χ0n) is 10.7. The van der Waals surface area contributed by atoms with Gasteiger partial charge in [0.05, 0.1) is 16.6 Å². The number of nitrogens with one attached hydrogen (secondary N) is 1. The van der Waals surface area contributed by atoms with E-state index in [0.29, 0.717) is 16.6 Å². The molecule has 2 aromatic carbocycles. The zero-order valence-corrected chi connectivity index (χ0v) is 12.3. The van der Waals surface area contributed by atoms with Crippen molar-refractivity contribution in [2.75, 3.05) is 0 Å². The first-order valence-corrected chi connectivity index (χ1v) is 6.88. The minimum absolute atomic E-state index is 0.314. The topological polar surface area (TPSA) is 54.9 Å². The summed E-state index contributed by atoms with van der Waals surface area (Å²) in [5, 5.41) is 0.493. The summed E-state index contributed by atoms with van der Waals surface area (Å²) in [7, 11) is 0. The quantitative estimate of drug-likeness (QED) is 0.745. The maximum atomic E-state index is 12.5. The molecule has 0 aliphatic rings. The van der Waals surface area contributed by atoms with E-state index in [-0.39, 0.29) is 5.56 Å². The minimum Gasteiger partial charge on any atom is -0.306 e. The van der Waals surface area contributed by atoms with Gasteiger partial charge in [-0.3, -0.25) is 4.79 Å². The molecule has 0 amide bonds. The molecule has 0 aliphatic carbocycles. The van der Waals surface area contributed by atoms with Crippen LogP contribution in [0.3, 0.4) is 0 Å². The lowest BCUT2D eigenvalue weighted by Crippen LogP contribution is -2.33. The van der Waals surface area contributed by atoms with Gasteiger partial charge in [-0.25, -0.2) is 9.36 Å². The van der Waals surface area contributed by atoms with Crippen molar-refractivity contribution < 1.29 is 0 Å². The number of fused-ring (bicyclic) bond motifs is 1. The highest BCUT2D eigenvalue weighted by atomic mass is 79.9. The number of hydrogen-bond donors (Lipinski definition) is 1. The molecule has 3 aromatic rings. The zero-order chi connectivity index (χ0) is 14.3. The molecule has 1 heterocycles. The molecule has 1 N–H and O–H groups in total. The Kier molecular flexibility index (Phi) is 3.06. The lowest BCUT2D eigenvalue weighted by molar-refractivity contribution is 0.899. The molecule has 0 saturated heterocycles. The molecule has 0 spiro atoms. The maximum Gasteiger partial charge on any atom is 0.333 e. The van der Waals surface area contributed by atoms with Crippen molar-refractivity contribution in [1.29, 1.82) is 0 Å². The largest absolute Gasteiger partial charge is 0.333 e. The molecule has 0 saturated carbocycles. The Morgan fingerprint density at radius 2 is 1.85 bits per heavy atom. The third-order valence-corrected chi connectivity index (χ3v) is 4.09. The number of hydrogen-bond acceptors (Lipinski definition) is 2. The van der Waals surface area contributed by atoms with Crippen LogP contribution in [-0.2, 0) is 0 Å². The van der Waals surface area contributed by atoms with Gasteiger partial charge in [0.25, 0.3) is 5.56 Å². The van der Waals surface area contributed by atoms with E-state index in [9.17, 15) is 9.59 Å². The standard InChI is InChI=1S/C15H11BrN2O2/c1-9-8-10(6-7-12(9)16)18-14(19)11-4-2-3-5-13(11)17-15(18)20/h2-8H,1H3,(H,17,20). The Bertz CT molecular complexity index is 925. The predicted molar refractivity (Wildman–Crippen MR) is 82.6 cm³/mol. The number of aromatic nitrogens is 2. The van der Waals surface area contributed by atoms with Crippen molar-refractivity contribution in [3.8, 4) is 5.69 Å². The van der Waals surface area contributed by atoms with Crippen molar-refractivity contribution in [2.24, 2.45) is 0 Å². The maximum absolute atomic E-state index is 12.5. The number of benzene rings is 2. The number of para-hydroxylation sites is 1. The van der Waals surface area contributed by atoms with Crippen LogP contribution in [0.15, 0.2) is 56.5 Å². The fourth-order valence-corrected chi connectivity index (χ4v) is 2.41. The molecule has 0 bridgehead atoms. The van der Waals surface area contributed by atoms with Crippen LogP contribution >= 0.6 is 15.9 Å². The highest BCUT2D eigenvalue weighted by Gasteiger charge is 2.09. The Labute approximate surface area is 122 Å². The summed E-state index contributed by atoms with van der Waals surface area (Å²) < 4.78 is 2.09. The van der Waals surface area contributed by atoms with E-state index in [2.05, 4.69) is 20.9 Å². The first-order valence-electron chi connectivity index (χ1n) is 6.08. The van der Waals surface area contributed by atoms with Crippen molar-refractivity contribution >= 4 is 26.8 Å². The van der Waals surface area contributed by atoms with Crippen molar-refractivity contribution in [3.63, 3.8) is 0 Å². The van der Waals surface area contributed by atoms with Crippen LogP contribution in [0.1, 0.15) is 5.56 Å². The number of aryl methyl sites for hydroxylation is 1. The SMILES string of the molecule is Cc1cc(-n2c(=O)[nH]c3ccccc3c2=O)ccc1Br. The smallest absolute Gasteiger partial charge is 0.306 e. The third kappa shape index (κ3) is 2.00. The number of nitrogens with zero attached hydrogens (tertiary/aromatic N) is 1. The van der Waals surface area contributed by atoms with Gasteiger partial charge in [-0.15, -0.1) is 0 Å². The molecular weight excluding hydrogens is 320 g/mol. The van der Waals surface area contributed by atoms with Gasteiger partial charge < -0.3 is 4.98 Å². The van der Waals surface area contributed by atoms with E-state index in [1.807, 2.05) is 13.0 Å². The lowest BCUT2D eigenvalue weighted by Gasteiger charge is -2.08. The van der Waals surface area contributed by atoms with Gasteiger partial charge in [-0.2, -0.15) is 0 Å². The second kappa shape index (κ2) is 4.76. The van der Waals surface area contributed by atoms with Gasteiger partial charge >= 0.3 is 5.69 Å². The predicted octanol–water partition coefficient (Wildman–Crippen LogP) is 2.75. The van der Waals surface area contributed by atoms with E-state index in [1.165, 1.54) is 0 Å². The van der Waals surface area contributed by atoms with Crippen LogP contribution in [0, 0.1) is 6.92 Å². The summed E-state index contributed by atoms with van der Waals surface area (Å²) in [6.07, 6.45) is 0. The Hall–Kier alpha value is -2.14. The van der Waals surface area contributed by atoms with E-state index in [0.717, 1.165) is 14.6 Å². The van der Waals surface area contributed by atoms with Gasteiger partial charge in [0.15, 0.2) is 0 Å². The molecule has 0 radical (unpaired) electrons. The number of halogens is 1. The van der Waals surface area contributed by atoms with Gasteiger partial charge in [0, 0.05) is 4.47 Å². The van der Waals surface area contributed by atoms with Crippen LogP contribution in [-0.4, -0.2) is 9.55 Å². The van der Waals surface area contributed by atoms with E-state index < -0.39 is 5.69 Å². The molecule has 4 nitrogen and oxygen atoms in total. The van der Waals surface area contributed by atoms with Gasteiger partial charge in [-0.1, -0.05) is 28.1 Å². The summed E-state index contributed by atoms with van der Waals surface area (Å²) in [5.74, 6) is 0. The summed E-state index contributed by atoms with van der Waals surface area (Å²) >= 11 is 3.41. The summed E-state index contributed by atoms with van der Waals surface area (Å²) in [5.41, 5.74) is 1.32. The van der Waals surface area contributed by atoms with Crippen LogP contribution in [0.2, 0.25) is 0 Å².